The molecule has 0 aliphatic carbocycles. The summed E-state index contributed by atoms with van der Waals surface area (Å²) < 4.78 is 0. The quantitative estimate of drug-likeness (QED) is 0.754. The average molecular weight is 187 g/mol. The first kappa shape index (κ1) is 8.81. The van der Waals surface area contributed by atoms with Crippen LogP contribution >= 0.6 is 0 Å². The fourth-order valence-electron chi connectivity index (χ4n) is 1.51. The average Bonchev–Trinajstić information content (AvgIpc) is 2.51. The molecule has 3 N–H and O–H groups in total. The summed E-state index contributed by atoms with van der Waals surface area (Å²) in [4.78, 5) is 6.97. The molecule has 1 aromatic heterocycles. The Balaban J connectivity index is 2.18. The van der Waals surface area contributed by atoms with E-state index in [2.05, 4.69) is 41.2 Å². The fraction of sp³-hybridized carbons (Fsp3) is 0.182. The normalized spacial score (nSPS) is 10.4. The van der Waals surface area contributed by atoms with Gasteiger partial charge in [0.25, 0.3) is 0 Å². The summed E-state index contributed by atoms with van der Waals surface area (Å²) >= 11 is 0. The summed E-state index contributed by atoms with van der Waals surface area (Å²) in [5, 5.41) is 0. The first-order valence-electron chi connectivity index (χ1n) is 4.59. The second kappa shape index (κ2) is 3.54. The SMILES string of the molecule is Cc1cccc(Cc2cnc(N)[nH]2)c1. The van der Waals surface area contributed by atoms with Crippen molar-refractivity contribution in [3.05, 3.63) is 47.3 Å². The number of hydrogen-bond acceptors (Lipinski definition) is 2. The van der Waals surface area contributed by atoms with E-state index >= 15 is 0 Å². The van der Waals surface area contributed by atoms with Crippen molar-refractivity contribution in [1.29, 1.82) is 0 Å². The number of nitrogens with one attached hydrogen (secondary N) is 1. The van der Waals surface area contributed by atoms with Crippen LogP contribution in [0.5, 0.6) is 0 Å². The lowest BCUT2D eigenvalue weighted by Crippen LogP contribution is -1.90. The topological polar surface area (TPSA) is 54.7 Å². The van der Waals surface area contributed by atoms with Gasteiger partial charge in [-0.2, -0.15) is 0 Å². The minimum Gasteiger partial charge on any atom is -0.369 e. The highest BCUT2D eigenvalue weighted by atomic mass is 15.0. The second-order valence-electron chi connectivity index (χ2n) is 3.46. The molecule has 0 bridgehead atoms. The van der Waals surface area contributed by atoms with Gasteiger partial charge < -0.3 is 10.7 Å². The molecule has 0 saturated carbocycles. The molecule has 14 heavy (non-hydrogen) atoms. The zero-order chi connectivity index (χ0) is 9.97. The minimum atomic E-state index is 0.479. The summed E-state index contributed by atoms with van der Waals surface area (Å²) in [5.41, 5.74) is 9.09. The molecule has 1 heterocycles. The van der Waals surface area contributed by atoms with Crippen molar-refractivity contribution in [2.75, 3.05) is 5.73 Å². The first-order chi connectivity index (χ1) is 6.74. The number of nitrogen functional groups attached to an aromatic ring is 1. The summed E-state index contributed by atoms with van der Waals surface area (Å²) in [6, 6.07) is 8.41. The smallest absolute Gasteiger partial charge is 0.197 e. The molecule has 0 spiro atoms. The number of aromatic nitrogens is 2. The molecular weight excluding hydrogens is 174 g/mol. The van der Waals surface area contributed by atoms with Crippen molar-refractivity contribution in [3.8, 4) is 0 Å². The first-order valence-corrected chi connectivity index (χ1v) is 4.59. The number of benzene rings is 1. The maximum Gasteiger partial charge on any atom is 0.197 e. The Labute approximate surface area is 83.0 Å². The predicted molar refractivity (Wildman–Crippen MR) is 57.0 cm³/mol. The molecule has 0 unspecified atom stereocenters. The molecule has 0 aliphatic rings. The third-order valence-electron chi connectivity index (χ3n) is 2.13. The molecular formula is C11H13N3. The molecule has 0 amide bonds. The lowest BCUT2D eigenvalue weighted by molar-refractivity contribution is 1.11. The molecule has 3 nitrogen and oxygen atoms in total. The van der Waals surface area contributed by atoms with Crippen molar-refractivity contribution < 1.29 is 0 Å². The number of H-pyrrole nitrogens is 1. The molecule has 3 heteroatoms. The lowest BCUT2D eigenvalue weighted by Gasteiger charge is -1.99. The van der Waals surface area contributed by atoms with Gasteiger partial charge in [0, 0.05) is 12.1 Å². The van der Waals surface area contributed by atoms with Gasteiger partial charge >= 0.3 is 0 Å². The van der Waals surface area contributed by atoms with Crippen LogP contribution in [-0.4, -0.2) is 9.97 Å². The van der Waals surface area contributed by atoms with E-state index in [1.165, 1.54) is 11.1 Å². The maximum atomic E-state index is 5.50. The van der Waals surface area contributed by atoms with Crippen LogP contribution in [0.4, 0.5) is 5.95 Å². The number of nitrogens with two attached hydrogens (primary N) is 1. The van der Waals surface area contributed by atoms with Gasteiger partial charge in [-0.1, -0.05) is 29.8 Å². The van der Waals surface area contributed by atoms with E-state index in [0.717, 1.165) is 12.1 Å². The highest BCUT2D eigenvalue weighted by Crippen LogP contribution is 2.09. The highest BCUT2D eigenvalue weighted by molar-refractivity contribution is 5.28. The number of anilines is 1. The second-order valence-corrected chi connectivity index (χ2v) is 3.46. The van der Waals surface area contributed by atoms with Crippen LogP contribution in [0.1, 0.15) is 16.8 Å². The van der Waals surface area contributed by atoms with E-state index in [1.54, 1.807) is 6.20 Å². The molecule has 0 saturated heterocycles. The van der Waals surface area contributed by atoms with E-state index in [1.807, 2.05) is 0 Å². The van der Waals surface area contributed by atoms with Crippen LogP contribution in [0, 0.1) is 6.92 Å². The summed E-state index contributed by atoms with van der Waals surface area (Å²) in [6.45, 7) is 2.09. The van der Waals surface area contributed by atoms with Crippen molar-refractivity contribution in [2.45, 2.75) is 13.3 Å². The number of aromatic amines is 1. The van der Waals surface area contributed by atoms with E-state index in [-0.39, 0.29) is 0 Å². The zero-order valence-corrected chi connectivity index (χ0v) is 8.12. The minimum absolute atomic E-state index is 0.479. The number of hydrogen-bond donors (Lipinski definition) is 2. The fourth-order valence-corrected chi connectivity index (χ4v) is 1.51. The Kier molecular flexibility index (Phi) is 2.23. The van der Waals surface area contributed by atoms with Crippen LogP contribution < -0.4 is 5.73 Å². The van der Waals surface area contributed by atoms with Crippen LogP contribution in [0.15, 0.2) is 30.5 Å². The summed E-state index contributed by atoms with van der Waals surface area (Å²) in [5.74, 6) is 0.479. The number of nitrogens with zero attached hydrogens (tertiary/aromatic N) is 1. The Morgan fingerprint density at radius 2 is 2.29 bits per heavy atom. The van der Waals surface area contributed by atoms with Gasteiger partial charge in [-0.15, -0.1) is 0 Å². The van der Waals surface area contributed by atoms with Crippen molar-refractivity contribution in [3.63, 3.8) is 0 Å². The van der Waals surface area contributed by atoms with E-state index in [9.17, 15) is 0 Å². The summed E-state index contributed by atoms with van der Waals surface area (Å²) in [6.07, 6.45) is 2.63. The Hall–Kier alpha value is -1.77. The van der Waals surface area contributed by atoms with Crippen LogP contribution in [0.3, 0.4) is 0 Å². The zero-order valence-electron chi connectivity index (χ0n) is 8.12. The van der Waals surface area contributed by atoms with Gasteiger partial charge in [0.1, 0.15) is 0 Å². The van der Waals surface area contributed by atoms with Gasteiger partial charge in [0.15, 0.2) is 5.95 Å². The third-order valence-corrected chi connectivity index (χ3v) is 2.13. The molecule has 0 fully saturated rings. The van der Waals surface area contributed by atoms with Crippen LogP contribution in [0.2, 0.25) is 0 Å². The highest BCUT2D eigenvalue weighted by Gasteiger charge is 1.99. The third kappa shape index (κ3) is 1.93. The van der Waals surface area contributed by atoms with Gasteiger partial charge in [0.2, 0.25) is 0 Å². The van der Waals surface area contributed by atoms with Crippen molar-refractivity contribution >= 4 is 5.95 Å². The Bertz CT molecular complexity index is 432. The van der Waals surface area contributed by atoms with E-state index in [4.69, 9.17) is 5.73 Å². The lowest BCUT2D eigenvalue weighted by atomic mass is 10.1. The van der Waals surface area contributed by atoms with Crippen LogP contribution in [-0.2, 0) is 6.42 Å². The van der Waals surface area contributed by atoms with E-state index in [0.29, 0.717) is 5.95 Å². The van der Waals surface area contributed by atoms with Crippen LogP contribution in [0.25, 0.3) is 0 Å². The number of aryl methyl sites for hydroxylation is 1. The number of rotatable bonds is 2. The molecule has 1 aromatic carbocycles. The molecule has 0 radical (unpaired) electrons. The Morgan fingerprint density at radius 3 is 2.93 bits per heavy atom. The van der Waals surface area contributed by atoms with Crippen molar-refractivity contribution in [2.24, 2.45) is 0 Å². The van der Waals surface area contributed by atoms with Gasteiger partial charge in [-0.25, -0.2) is 4.98 Å². The molecule has 2 rings (SSSR count). The number of imidazole rings is 1. The summed E-state index contributed by atoms with van der Waals surface area (Å²) in [7, 11) is 0. The van der Waals surface area contributed by atoms with Gasteiger partial charge in [-0.3, -0.25) is 0 Å². The monoisotopic (exact) mass is 187 g/mol. The predicted octanol–water partition coefficient (Wildman–Crippen LogP) is 1.89. The molecule has 0 aliphatic heterocycles. The molecule has 72 valence electrons. The van der Waals surface area contributed by atoms with E-state index < -0.39 is 0 Å². The van der Waals surface area contributed by atoms with Crippen molar-refractivity contribution in [1.82, 2.24) is 9.97 Å². The molecule has 2 aromatic rings. The Morgan fingerprint density at radius 1 is 1.43 bits per heavy atom. The van der Waals surface area contributed by atoms with Gasteiger partial charge in [-0.05, 0) is 12.5 Å². The molecule has 0 atom stereocenters. The largest absolute Gasteiger partial charge is 0.369 e. The van der Waals surface area contributed by atoms with Gasteiger partial charge in [0.05, 0.1) is 6.20 Å². The maximum absolute atomic E-state index is 5.50. The standard InChI is InChI=1S/C11H13N3/c1-8-3-2-4-9(5-8)6-10-7-13-11(12)14-10/h2-5,7H,6H2,1H3,(H3,12,13,14).